The van der Waals surface area contributed by atoms with Crippen LogP contribution < -0.4 is 19.7 Å². The number of likely N-dealkylation sites (N-methyl/N-ethyl adjacent to an activating group) is 1. The second-order valence-electron chi connectivity index (χ2n) is 16.4. The number of H-pyrrole nitrogens is 1. The topological polar surface area (TPSA) is 172 Å². The second-order valence-corrected chi connectivity index (χ2v) is 18.1. The van der Waals surface area contributed by atoms with E-state index >= 15 is 0 Å². The van der Waals surface area contributed by atoms with Gasteiger partial charge in [-0.05, 0) is 121 Å². The molecule has 0 radical (unpaired) electrons. The number of ether oxygens (including phenoxy) is 2. The Hall–Kier alpha value is -6.55. The van der Waals surface area contributed by atoms with Crippen LogP contribution >= 0.6 is 0 Å². The average Bonchev–Trinajstić information content (AvgIpc) is 3.99. The molecule has 0 saturated carbocycles. The van der Waals surface area contributed by atoms with Gasteiger partial charge in [0.2, 0.25) is 0 Å². The van der Waals surface area contributed by atoms with Crippen molar-refractivity contribution < 1.29 is 27.6 Å². The fraction of sp³-hybridized carbons (Fsp3) is 0.292. The molecular formula is C48H49N7O7S. The molecule has 14 nitrogen and oxygen atoms in total. The lowest BCUT2D eigenvalue weighted by Crippen LogP contribution is -2.31. The number of carbonyl (C=O) groups is 1. The summed E-state index contributed by atoms with van der Waals surface area (Å²) in [6, 6.07) is 29.5. The van der Waals surface area contributed by atoms with Crippen molar-refractivity contribution in [3.05, 3.63) is 142 Å². The number of fused-ring (bicyclic) bond motifs is 1. The maximum absolute atomic E-state index is 13.9. The van der Waals surface area contributed by atoms with Crippen LogP contribution in [0.15, 0.2) is 120 Å². The lowest BCUT2D eigenvalue weighted by atomic mass is 9.90. The van der Waals surface area contributed by atoms with Gasteiger partial charge >= 0.3 is 0 Å². The highest BCUT2D eigenvalue weighted by Crippen LogP contribution is 2.41. The Bertz CT molecular complexity index is 2800. The Kier molecular flexibility index (Phi) is 12.0. The smallest absolute Gasteiger partial charge is 0.293 e. The molecule has 3 aliphatic heterocycles. The first-order chi connectivity index (χ1) is 30.6. The lowest BCUT2D eigenvalue weighted by molar-refractivity contribution is -0.384. The van der Waals surface area contributed by atoms with Gasteiger partial charge in [-0.3, -0.25) is 14.9 Å². The predicted octanol–water partition coefficient (Wildman–Crippen LogP) is 8.95. The summed E-state index contributed by atoms with van der Waals surface area (Å²) in [6.07, 6.45) is 10.5. The molecule has 1 amide bonds. The highest BCUT2D eigenvalue weighted by molar-refractivity contribution is 7.90. The summed E-state index contributed by atoms with van der Waals surface area (Å²) in [5, 5.41) is 16.0. The maximum Gasteiger partial charge on any atom is 0.293 e. The Morgan fingerprint density at radius 1 is 0.968 bits per heavy atom. The molecule has 2 aromatic heterocycles. The van der Waals surface area contributed by atoms with E-state index in [1.807, 2.05) is 18.2 Å². The zero-order chi connectivity index (χ0) is 43.5. The molecule has 3 N–H and O–H groups in total. The highest BCUT2D eigenvalue weighted by Gasteiger charge is 2.30. The van der Waals surface area contributed by atoms with Gasteiger partial charge in [-0.1, -0.05) is 48.5 Å². The number of carbonyl (C=O) groups excluding carboxylic acids is 1. The molecule has 6 aromatic rings. The number of nitrogens with one attached hydrogen (secondary N) is 3. The fourth-order valence-electron chi connectivity index (χ4n) is 8.84. The molecule has 0 spiro atoms. The molecule has 0 aliphatic carbocycles. The van der Waals surface area contributed by atoms with Crippen LogP contribution in [-0.4, -0.2) is 80.6 Å². The van der Waals surface area contributed by atoms with E-state index in [0.29, 0.717) is 31.2 Å². The normalized spacial score (nSPS) is 17.4. The van der Waals surface area contributed by atoms with Crippen LogP contribution in [0.3, 0.4) is 0 Å². The zero-order valence-corrected chi connectivity index (χ0v) is 35.8. The number of aromatic nitrogens is 2. The molecule has 4 aromatic carbocycles. The summed E-state index contributed by atoms with van der Waals surface area (Å²) in [6.45, 7) is 4.67. The van der Waals surface area contributed by atoms with Gasteiger partial charge in [-0.2, -0.15) is 0 Å². The molecule has 2 saturated heterocycles. The van der Waals surface area contributed by atoms with Crippen LogP contribution in [0, 0.1) is 16.0 Å². The van der Waals surface area contributed by atoms with E-state index in [4.69, 9.17) is 9.47 Å². The lowest BCUT2D eigenvalue weighted by Gasteiger charge is -2.30. The Balaban J connectivity index is 0.977. The third-order valence-electron chi connectivity index (χ3n) is 12.3. The third kappa shape index (κ3) is 9.17. The van der Waals surface area contributed by atoms with Crippen molar-refractivity contribution in [2.24, 2.45) is 5.92 Å². The van der Waals surface area contributed by atoms with Gasteiger partial charge in [0.15, 0.2) is 0 Å². The maximum atomic E-state index is 13.9. The van der Waals surface area contributed by atoms with Gasteiger partial charge in [-0.15, -0.1) is 0 Å². The number of benzene rings is 4. The van der Waals surface area contributed by atoms with Crippen LogP contribution in [0.2, 0.25) is 0 Å². The molecule has 0 unspecified atom stereocenters. The van der Waals surface area contributed by atoms with E-state index < -0.39 is 31.4 Å². The van der Waals surface area contributed by atoms with Crippen LogP contribution in [0.25, 0.3) is 27.7 Å². The SMILES string of the molecule is CN1CC=C(c2ccccc2[C@@H]2CCCN2c2ccc(-c3ccc(C(=O)NS(=O)(=O)c4ccc(NCC5CCOCC5)c([N+](=O)[O-])c4)c(Oc4cnc5[nH]ccc5c4)c3)cc2)CC1. The van der Waals surface area contributed by atoms with Gasteiger partial charge < -0.3 is 29.6 Å². The number of amides is 1. The summed E-state index contributed by atoms with van der Waals surface area (Å²) in [5.41, 5.74) is 7.19. The quantitative estimate of drug-likeness (QED) is 0.0748. The van der Waals surface area contributed by atoms with Gasteiger partial charge in [0.1, 0.15) is 22.8 Å². The molecule has 0 bridgehead atoms. The minimum absolute atomic E-state index is 0.0596. The molecular weight excluding hydrogens is 819 g/mol. The van der Waals surface area contributed by atoms with Crippen molar-refractivity contribution >= 4 is 49.6 Å². The van der Waals surface area contributed by atoms with Crippen molar-refractivity contribution in [2.75, 3.05) is 56.7 Å². The average molecular weight is 868 g/mol. The van der Waals surface area contributed by atoms with Gasteiger partial charge in [-0.25, -0.2) is 18.1 Å². The zero-order valence-electron chi connectivity index (χ0n) is 35.0. The number of hydrogen-bond acceptors (Lipinski definition) is 11. The second kappa shape index (κ2) is 18.0. The van der Waals surface area contributed by atoms with Crippen LogP contribution in [0.1, 0.15) is 59.6 Å². The fourth-order valence-corrected chi connectivity index (χ4v) is 9.82. The van der Waals surface area contributed by atoms with Crippen LogP contribution in [0.5, 0.6) is 11.5 Å². The van der Waals surface area contributed by atoms with Crippen molar-refractivity contribution in [1.82, 2.24) is 19.6 Å². The molecule has 2 fully saturated rings. The summed E-state index contributed by atoms with van der Waals surface area (Å²) in [7, 11) is -2.41. The number of nitrogens with zero attached hydrogens (tertiary/aromatic N) is 4. The third-order valence-corrected chi connectivity index (χ3v) is 13.6. The standard InChI is InChI=1S/C48H49N7O7S/c1-53-23-17-34(18-24-53)40-5-2-3-6-41(40)44-7-4-22-54(44)37-11-8-33(9-12-37)35-10-14-42(46(28-35)62-38-27-36-16-21-49-47(36)51-31-38)48(56)52-63(59,60)39-13-15-43(45(29-39)55(57)58)50-30-32-19-25-61-26-20-32/h2-3,5-6,8-17,21,27-29,31-32,44,50H,4,7,18-20,22-26,30H2,1H3,(H,49,51)(H,52,56)/t44-/m0/s1. The Morgan fingerprint density at radius 3 is 2.57 bits per heavy atom. The van der Waals surface area contributed by atoms with E-state index in [1.54, 1.807) is 24.4 Å². The summed E-state index contributed by atoms with van der Waals surface area (Å²) in [4.78, 5) is 37.3. The Morgan fingerprint density at radius 2 is 1.78 bits per heavy atom. The Labute approximate surface area is 366 Å². The molecule has 3 aliphatic rings. The minimum atomic E-state index is -4.57. The molecule has 324 valence electrons. The highest BCUT2D eigenvalue weighted by atomic mass is 32.2. The minimum Gasteiger partial charge on any atom is -0.455 e. The van der Waals surface area contributed by atoms with Crippen molar-refractivity contribution in [3.63, 3.8) is 0 Å². The van der Waals surface area contributed by atoms with Crippen LogP contribution in [-0.2, 0) is 14.8 Å². The number of anilines is 2. The molecule has 5 heterocycles. The summed E-state index contributed by atoms with van der Waals surface area (Å²) < 4.78 is 41.2. The van der Waals surface area contributed by atoms with Crippen molar-refractivity contribution in [2.45, 2.75) is 43.0 Å². The summed E-state index contributed by atoms with van der Waals surface area (Å²) >= 11 is 0. The van der Waals surface area contributed by atoms with E-state index in [-0.39, 0.29) is 29.0 Å². The number of sulfonamides is 1. The van der Waals surface area contributed by atoms with E-state index in [9.17, 15) is 23.3 Å². The number of nitro groups is 1. The first-order valence-corrected chi connectivity index (χ1v) is 22.8. The monoisotopic (exact) mass is 867 g/mol. The predicted molar refractivity (Wildman–Crippen MR) is 244 cm³/mol. The van der Waals surface area contributed by atoms with Crippen LogP contribution in [0.4, 0.5) is 17.1 Å². The molecule has 15 heteroatoms. The number of aromatic amines is 1. The molecule has 9 rings (SSSR count). The molecule has 1 atom stereocenters. The first-order valence-electron chi connectivity index (χ1n) is 21.4. The number of pyridine rings is 1. The van der Waals surface area contributed by atoms with Gasteiger partial charge in [0, 0.05) is 62.7 Å². The number of rotatable bonds is 13. The van der Waals surface area contributed by atoms with E-state index in [1.165, 1.54) is 41.1 Å². The van der Waals surface area contributed by atoms with Gasteiger partial charge in [0.25, 0.3) is 21.6 Å². The largest absolute Gasteiger partial charge is 0.455 e. The van der Waals surface area contributed by atoms with E-state index in [0.717, 1.165) is 80.0 Å². The summed E-state index contributed by atoms with van der Waals surface area (Å²) in [5.74, 6) is -0.267. The van der Waals surface area contributed by atoms with Crippen molar-refractivity contribution in [1.29, 1.82) is 0 Å². The molecule has 63 heavy (non-hydrogen) atoms. The van der Waals surface area contributed by atoms with E-state index in [2.05, 4.69) is 79.3 Å². The van der Waals surface area contributed by atoms with Crippen molar-refractivity contribution in [3.8, 4) is 22.6 Å². The first kappa shape index (κ1) is 41.8. The number of hydrogen-bond donors (Lipinski definition) is 3. The number of nitro benzene ring substituents is 1. The van der Waals surface area contributed by atoms with Gasteiger partial charge in [0.05, 0.1) is 27.6 Å².